The fourth-order valence-electron chi connectivity index (χ4n) is 1.69. The summed E-state index contributed by atoms with van der Waals surface area (Å²) in [7, 11) is 0. The number of aromatic nitrogens is 2. The number of carbonyl (C=O) groups excluding carboxylic acids is 1. The number of rotatable bonds is 5. The summed E-state index contributed by atoms with van der Waals surface area (Å²) >= 11 is 0. The second-order valence-corrected chi connectivity index (χ2v) is 4.20. The number of hydrogen-bond donors (Lipinski definition) is 3. The van der Waals surface area contributed by atoms with Crippen molar-refractivity contribution in [3.63, 3.8) is 0 Å². The van der Waals surface area contributed by atoms with Gasteiger partial charge in [0.1, 0.15) is 18.0 Å². The summed E-state index contributed by atoms with van der Waals surface area (Å²) in [5.41, 5.74) is 1.65. The lowest BCUT2D eigenvalue weighted by Gasteiger charge is -2.08. The molecule has 0 bridgehead atoms. The van der Waals surface area contributed by atoms with Crippen molar-refractivity contribution < 1.29 is 4.79 Å². The second-order valence-electron chi connectivity index (χ2n) is 4.20. The molecule has 20 heavy (non-hydrogen) atoms. The van der Waals surface area contributed by atoms with Gasteiger partial charge in [0, 0.05) is 30.9 Å². The van der Waals surface area contributed by atoms with Crippen molar-refractivity contribution in [3.05, 3.63) is 36.7 Å². The maximum atomic E-state index is 10.9. The zero-order valence-electron chi connectivity index (χ0n) is 11.5. The van der Waals surface area contributed by atoms with Crippen molar-refractivity contribution in [2.75, 3.05) is 22.5 Å². The van der Waals surface area contributed by atoms with Gasteiger partial charge in [0.15, 0.2) is 0 Å². The Balaban J connectivity index is 2.05. The van der Waals surface area contributed by atoms with Crippen LogP contribution in [0.15, 0.2) is 36.7 Å². The van der Waals surface area contributed by atoms with E-state index in [0.717, 1.165) is 23.7 Å². The van der Waals surface area contributed by atoms with Crippen LogP contribution in [0.1, 0.15) is 13.8 Å². The van der Waals surface area contributed by atoms with E-state index in [2.05, 4.69) is 25.9 Å². The van der Waals surface area contributed by atoms with Gasteiger partial charge in [-0.25, -0.2) is 9.97 Å². The highest BCUT2D eigenvalue weighted by Gasteiger charge is 2.00. The minimum Gasteiger partial charge on any atom is -0.370 e. The molecule has 2 rings (SSSR count). The SMILES string of the molecule is CCNc1cc(Nc2ccc(NC(C)=O)cc2)ncn1. The molecule has 0 aliphatic heterocycles. The predicted octanol–water partition coefficient (Wildman–Crippen LogP) is 2.61. The number of carbonyl (C=O) groups is 1. The molecule has 1 heterocycles. The van der Waals surface area contributed by atoms with Crippen LogP contribution in [0.4, 0.5) is 23.0 Å². The molecule has 1 aromatic heterocycles. The highest BCUT2D eigenvalue weighted by molar-refractivity contribution is 5.88. The van der Waals surface area contributed by atoms with Crippen LogP contribution in [0.2, 0.25) is 0 Å². The number of hydrogen-bond acceptors (Lipinski definition) is 5. The molecule has 0 unspecified atom stereocenters. The average molecular weight is 271 g/mol. The lowest BCUT2D eigenvalue weighted by atomic mass is 10.2. The first-order valence-corrected chi connectivity index (χ1v) is 6.38. The Labute approximate surface area is 117 Å². The molecule has 1 aromatic carbocycles. The molecule has 0 radical (unpaired) electrons. The molecule has 0 atom stereocenters. The van der Waals surface area contributed by atoms with Gasteiger partial charge in [-0.15, -0.1) is 0 Å². The van der Waals surface area contributed by atoms with Gasteiger partial charge < -0.3 is 16.0 Å². The van der Waals surface area contributed by atoms with E-state index in [1.807, 2.05) is 37.3 Å². The Hall–Kier alpha value is -2.63. The van der Waals surface area contributed by atoms with Crippen LogP contribution in [0.25, 0.3) is 0 Å². The quantitative estimate of drug-likeness (QED) is 0.779. The van der Waals surface area contributed by atoms with Crippen molar-refractivity contribution in [1.82, 2.24) is 9.97 Å². The van der Waals surface area contributed by atoms with Crippen LogP contribution in [-0.4, -0.2) is 22.4 Å². The summed E-state index contributed by atoms with van der Waals surface area (Å²) in [6.45, 7) is 4.30. The van der Waals surface area contributed by atoms with Crippen LogP contribution in [-0.2, 0) is 4.79 Å². The van der Waals surface area contributed by atoms with Gasteiger partial charge in [-0.1, -0.05) is 0 Å². The Morgan fingerprint density at radius 3 is 2.40 bits per heavy atom. The normalized spacial score (nSPS) is 9.90. The van der Waals surface area contributed by atoms with Crippen LogP contribution >= 0.6 is 0 Å². The smallest absolute Gasteiger partial charge is 0.221 e. The molecule has 2 aromatic rings. The topological polar surface area (TPSA) is 78.9 Å². The van der Waals surface area contributed by atoms with Crippen LogP contribution in [0.3, 0.4) is 0 Å². The fourth-order valence-corrected chi connectivity index (χ4v) is 1.69. The second kappa shape index (κ2) is 6.51. The maximum Gasteiger partial charge on any atom is 0.221 e. The third kappa shape index (κ3) is 3.94. The molecular formula is C14H17N5O. The van der Waals surface area contributed by atoms with Crippen LogP contribution in [0.5, 0.6) is 0 Å². The Morgan fingerprint density at radius 2 is 1.75 bits per heavy atom. The number of nitrogens with zero attached hydrogens (tertiary/aromatic N) is 2. The van der Waals surface area contributed by atoms with Crippen LogP contribution < -0.4 is 16.0 Å². The highest BCUT2D eigenvalue weighted by Crippen LogP contribution is 2.18. The van der Waals surface area contributed by atoms with Gasteiger partial charge >= 0.3 is 0 Å². The number of benzene rings is 1. The van der Waals surface area contributed by atoms with E-state index in [9.17, 15) is 4.79 Å². The van der Waals surface area contributed by atoms with E-state index in [0.29, 0.717) is 5.82 Å². The van der Waals surface area contributed by atoms with Gasteiger partial charge in [-0.2, -0.15) is 0 Å². The summed E-state index contributed by atoms with van der Waals surface area (Å²) in [5, 5.41) is 9.02. The maximum absolute atomic E-state index is 10.9. The molecule has 104 valence electrons. The van der Waals surface area contributed by atoms with Crippen molar-refractivity contribution in [3.8, 4) is 0 Å². The van der Waals surface area contributed by atoms with E-state index in [-0.39, 0.29) is 5.91 Å². The lowest BCUT2D eigenvalue weighted by molar-refractivity contribution is -0.114. The lowest BCUT2D eigenvalue weighted by Crippen LogP contribution is -2.05. The molecule has 0 aliphatic rings. The zero-order valence-corrected chi connectivity index (χ0v) is 11.5. The first kappa shape index (κ1) is 13.8. The number of anilines is 4. The molecule has 6 nitrogen and oxygen atoms in total. The van der Waals surface area contributed by atoms with Gasteiger partial charge in [-0.05, 0) is 31.2 Å². The van der Waals surface area contributed by atoms with Crippen molar-refractivity contribution in [1.29, 1.82) is 0 Å². The molecule has 0 saturated carbocycles. The summed E-state index contributed by atoms with van der Waals surface area (Å²) in [6.07, 6.45) is 1.51. The summed E-state index contributed by atoms with van der Waals surface area (Å²) in [6, 6.07) is 9.25. The summed E-state index contributed by atoms with van der Waals surface area (Å²) in [5.74, 6) is 1.40. The molecule has 0 saturated heterocycles. The predicted molar refractivity (Wildman–Crippen MR) is 80.2 cm³/mol. The first-order valence-electron chi connectivity index (χ1n) is 6.38. The standard InChI is InChI=1S/C14H17N5O/c1-3-15-13-8-14(17-9-16-13)19-12-6-4-11(5-7-12)18-10(2)20/h4-9H,3H2,1-2H3,(H,18,20)(H2,15,16,17,19). The summed E-state index contributed by atoms with van der Waals surface area (Å²) < 4.78 is 0. The number of amides is 1. The van der Waals surface area contributed by atoms with E-state index in [4.69, 9.17) is 0 Å². The van der Waals surface area contributed by atoms with Crippen LogP contribution in [0, 0.1) is 0 Å². The van der Waals surface area contributed by atoms with Crippen molar-refractivity contribution >= 4 is 28.9 Å². The molecule has 1 amide bonds. The van der Waals surface area contributed by atoms with Gasteiger partial charge in [0.05, 0.1) is 0 Å². The third-order valence-corrected chi connectivity index (χ3v) is 2.50. The minimum atomic E-state index is -0.0863. The molecule has 0 aliphatic carbocycles. The Morgan fingerprint density at radius 1 is 1.10 bits per heavy atom. The van der Waals surface area contributed by atoms with Gasteiger partial charge in [0.2, 0.25) is 5.91 Å². The van der Waals surface area contributed by atoms with E-state index in [1.54, 1.807) is 0 Å². The number of nitrogens with one attached hydrogen (secondary N) is 3. The van der Waals surface area contributed by atoms with Crippen molar-refractivity contribution in [2.24, 2.45) is 0 Å². The molecule has 0 spiro atoms. The molecule has 3 N–H and O–H groups in total. The summed E-state index contributed by atoms with van der Waals surface area (Å²) in [4.78, 5) is 19.2. The average Bonchev–Trinajstić information content (AvgIpc) is 2.41. The molecule has 0 fully saturated rings. The van der Waals surface area contributed by atoms with E-state index < -0.39 is 0 Å². The third-order valence-electron chi connectivity index (χ3n) is 2.50. The van der Waals surface area contributed by atoms with E-state index >= 15 is 0 Å². The Bertz CT molecular complexity index is 582. The first-order chi connectivity index (χ1) is 9.67. The Kier molecular flexibility index (Phi) is 4.49. The minimum absolute atomic E-state index is 0.0863. The monoisotopic (exact) mass is 271 g/mol. The van der Waals surface area contributed by atoms with Crippen molar-refractivity contribution in [2.45, 2.75) is 13.8 Å². The molecule has 6 heteroatoms. The fraction of sp³-hybridized carbons (Fsp3) is 0.214. The highest BCUT2D eigenvalue weighted by atomic mass is 16.1. The zero-order chi connectivity index (χ0) is 14.4. The van der Waals surface area contributed by atoms with Gasteiger partial charge in [0.25, 0.3) is 0 Å². The van der Waals surface area contributed by atoms with E-state index in [1.165, 1.54) is 13.3 Å². The molecular weight excluding hydrogens is 254 g/mol. The van der Waals surface area contributed by atoms with Gasteiger partial charge in [-0.3, -0.25) is 4.79 Å². The largest absolute Gasteiger partial charge is 0.370 e.